The van der Waals surface area contributed by atoms with Gasteiger partial charge in [-0.25, -0.2) is 9.97 Å². The number of aromatic amines is 1. The number of aromatic nitrogens is 4. The molecule has 1 aliphatic heterocycles. The highest BCUT2D eigenvalue weighted by Crippen LogP contribution is 2.54. The van der Waals surface area contributed by atoms with Gasteiger partial charge in [0.15, 0.2) is 23.0 Å². The number of nitrogens with one attached hydrogen (secondary N) is 1. The van der Waals surface area contributed by atoms with Gasteiger partial charge in [0, 0.05) is 24.7 Å². The van der Waals surface area contributed by atoms with Crippen LogP contribution in [-0.4, -0.2) is 20.1 Å². The molecule has 0 aromatic carbocycles. The molecule has 0 aliphatic carbocycles. The monoisotopic (exact) mass is 429 g/mol. The van der Waals surface area contributed by atoms with Crippen molar-refractivity contribution < 1.29 is 13.7 Å². The molecule has 6 heterocycles. The number of anilines is 1. The lowest BCUT2D eigenvalue weighted by Crippen LogP contribution is -2.44. The Morgan fingerprint density at radius 1 is 0.968 bits per heavy atom. The van der Waals surface area contributed by atoms with Gasteiger partial charge >= 0.3 is 0 Å². The largest absolute Gasteiger partial charge is 0.462 e. The van der Waals surface area contributed by atoms with Crippen molar-refractivity contribution in [2.24, 2.45) is 0 Å². The second-order valence-electron chi connectivity index (χ2n) is 6.73. The highest BCUT2D eigenvalue weighted by Gasteiger charge is 2.57. The van der Waals surface area contributed by atoms with Crippen LogP contribution in [0.1, 0.15) is 23.0 Å². The molecule has 0 saturated heterocycles. The zero-order valence-electron chi connectivity index (χ0n) is 16.0. The average Bonchev–Trinajstić information content (AvgIpc) is 3.64. The molecular formula is C22H15N5O3S. The Hall–Kier alpha value is -4.11. The molecule has 1 atom stereocenters. The zero-order chi connectivity index (χ0) is 20.7. The van der Waals surface area contributed by atoms with Gasteiger partial charge in [0.2, 0.25) is 0 Å². The topological polar surface area (TPSA) is 93.2 Å². The molecule has 8 nitrogen and oxygen atoms in total. The van der Waals surface area contributed by atoms with Crippen LogP contribution in [0.4, 0.5) is 5.00 Å². The van der Waals surface area contributed by atoms with Crippen LogP contribution in [0, 0.1) is 0 Å². The van der Waals surface area contributed by atoms with E-state index in [1.54, 1.807) is 42.1 Å². The van der Waals surface area contributed by atoms with Crippen LogP contribution >= 0.6 is 11.3 Å². The predicted molar refractivity (Wildman–Crippen MR) is 114 cm³/mol. The van der Waals surface area contributed by atoms with Gasteiger partial charge in [-0.1, -0.05) is 5.16 Å². The maximum atomic E-state index is 6.77. The molecule has 1 aliphatic rings. The summed E-state index contributed by atoms with van der Waals surface area (Å²) in [6, 6.07) is 15.1. The molecule has 0 spiro atoms. The minimum atomic E-state index is -1.25. The van der Waals surface area contributed by atoms with E-state index in [2.05, 4.69) is 20.1 Å². The summed E-state index contributed by atoms with van der Waals surface area (Å²) in [7, 11) is 0. The molecule has 0 bridgehead atoms. The number of nitrogens with zero attached hydrogens (tertiary/aromatic N) is 4. The molecule has 1 unspecified atom stereocenters. The van der Waals surface area contributed by atoms with Crippen molar-refractivity contribution in [3.8, 4) is 0 Å². The van der Waals surface area contributed by atoms with Crippen molar-refractivity contribution in [1.82, 2.24) is 20.1 Å². The summed E-state index contributed by atoms with van der Waals surface area (Å²) in [5.74, 6) is 1.63. The molecule has 1 N–H and O–H groups in total. The first-order valence-corrected chi connectivity index (χ1v) is 10.4. The smallest absolute Gasteiger partial charge is 0.293 e. The number of ether oxygens (including phenoxy) is 1. The van der Waals surface area contributed by atoms with E-state index in [-0.39, 0.29) is 0 Å². The second kappa shape index (κ2) is 6.99. The molecule has 9 heteroatoms. The van der Waals surface area contributed by atoms with E-state index in [4.69, 9.17) is 13.7 Å². The molecule has 0 saturated carbocycles. The normalized spacial score (nSPS) is 18.5. The second-order valence-corrected chi connectivity index (χ2v) is 7.65. The van der Waals surface area contributed by atoms with Crippen molar-refractivity contribution in [3.63, 3.8) is 0 Å². The lowest BCUT2D eigenvalue weighted by Gasteiger charge is -2.35. The van der Waals surface area contributed by atoms with Crippen LogP contribution in [0.15, 0.2) is 94.0 Å². The predicted octanol–water partition coefficient (Wildman–Crippen LogP) is 4.71. The SMILES string of the molecule is c1cnc(C2=C(c3ccc[nH]3)OC(c3ccon3)(c3ccco3)N2c2cccs2)nc1. The number of rotatable bonds is 5. The first-order valence-electron chi connectivity index (χ1n) is 9.51. The molecule has 31 heavy (non-hydrogen) atoms. The maximum Gasteiger partial charge on any atom is 0.293 e. The van der Waals surface area contributed by atoms with Crippen molar-refractivity contribution in [1.29, 1.82) is 0 Å². The maximum absolute atomic E-state index is 6.77. The van der Waals surface area contributed by atoms with E-state index < -0.39 is 5.72 Å². The Morgan fingerprint density at radius 2 is 1.90 bits per heavy atom. The van der Waals surface area contributed by atoms with E-state index in [1.165, 1.54) is 6.26 Å². The Labute approximate surface area is 180 Å². The summed E-state index contributed by atoms with van der Waals surface area (Å²) in [5, 5.41) is 7.16. The van der Waals surface area contributed by atoms with Crippen LogP contribution in [-0.2, 0) is 10.5 Å². The number of furan rings is 1. The fraction of sp³-hybridized carbons (Fsp3) is 0.0455. The highest BCUT2D eigenvalue weighted by atomic mass is 32.1. The summed E-state index contributed by atoms with van der Waals surface area (Å²) in [4.78, 5) is 14.3. The summed E-state index contributed by atoms with van der Waals surface area (Å²) >= 11 is 1.56. The number of hydrogen-bond donors (Lipinski definition) is 1. The minimum absolute atomic E-state index is 0.512. The standard InChI is InChI=1S/C22H15N5O3S/c1-5-15(23-9-1)20-19(21-24-10-4-11-25-21)27(18-7-3-14-31-18)22(30-20,16-8-13-29-26-16)17-6-2-12-28-17/h1-14,23H. The molecule has 152 valence electrons. The van der Waals surface area contributed by atoms with Gasteiger partial charge in [0.1, 0.15) is 12.0 Å². The van der Waals surface area contributed by atoms with Gasteiger partial charge in [-0.3, -0.25) is 4.90 Å². The Balaban J connectivity index is 1.70. The van der Waals surface area contributed by atoms with Crippen LogP contribution in [0.5, 0.6) is 0 Å². The third kappa shape index (κ3) is 2.63. The van der Waals surface area contributed by atoms with E-state index >= 15 is 0 Å². The van der Waals surface area contributed by atoms with Gasteiger partial charge in [-0.15, -0.1) is 11.3 Å². The molecule has 5 aromatic heterocycles. The zero-order valence-corrected chi connectivity index (χ0v) is 16.8. The number of hydrogen-bond acceptors (Lipinski definition) is 8. The third-order valence-corrected chi connectivity index (χ3v) is 5.84. The molecule has 0 amide bonds. The van der Waals surface area contributed by atoms with Crippen LogP contribution in [0.2, 0.25) is 0 Å². The van der Waals surface area contributed by atoms with Crippen molar-refractivity contribution >= 4 is 27.8 Å². The van der Waals surface area contributed by atoms with Crippen LogP contribution < -0.4 is 4.90 Å². The molecular weight excluding hydrogens is 414 g/mol. The van der Waals surface area contributed by atoms with Gasteiger partial charge in [-0.05, 0) is 47.8 Å². The third-order valence-electron chi connectivity index (χ3n) is 4.99. The lowest BCUT2D eigenvalue weighted by atomic mass is 10.0. The number of thiophene rings is 1. The highest BCUT2D eigenvalue weighted by molar-refractivity contribution is 7.14. The first-order chi connectivity index (χ1) is 15.4. The van der Waals surface area contributed by atoms with Gasteiger partial charge in [0.25, 0.3) is 5.72 Å². The van der Waals surface area contributed by atoms with E-state index in [9.17, 15) is 0 Å². The Morgan fingerprint density at radius 3 is 2.58 bits per heavy atom. The summed E-state index contributed by atoms with van der Waals surface area (Å²) in [6.45, 7) is 0. The molecule has 0 fully saturated rings. The molecule has 5 aromatic rings. The summed E-state index contributed by atoms with van der Waals surface area (Å²) in [6.07, 6.45) is 8.38. The average molecular weight is 429 g/mol. The quantitative estimate of drug-likeness (QED) is 0.432. The van der Waals surface area contributed by atoms with Gasteiger partial charge in [0.05, 0.1) is 17.0 Å². The molecule has 6 rings (SSSR count). The fourth-order valence-electron chi connectivity index (χ4n) is 3.75. The van der Waals surface area contributed by atoms with Crippen molar-refractivity contribution in [3.05, 3.63) is 108 Å². The fourth-order valence-corrected chi connectivity index (χ4v) is 4.53. The Kier molecular flexibility index (Phi) is 4.00. The van der Waals surface area contributed by atoms with Gasteiger partial charge in [-0.2, -0.15) is 0 Å². The summed E-state index contributed by atoms with van der Waals surface area (Å²) < 4.78 is 17.9. The van der Waals surface area contributed by atoms with E-state index in [0.29, 0.717) is 28.7 Å². The van der Waals surface area contributed by atoms with Crippen LogP contribution in [0.25, 0.3) is 11.5 Å². The Bertz CT molecular complexity index is 1260. The minimum Gasteiger partial charge on any atom is -0.462 e. The number of H-pyrrole nitrogens is 1. The van der Waals surface area contributed by atoms with Crippen LogP contribution in [0.3, 0.4) is 0 Å². The van der Waals surface area contributed by atoms with E-state index in [0.717, 1.165) is 10.7 Å². The van der Waals surface area contributed by atoms with Crippen molar-refractivity contribution in [2.45, 2.75) is 5.72 Å². The summed E-state index contributed by atoms with van der Waals surface area (Å²) in [5.41, 5.74) is 0.743. The van der Waals surface area contributed by atoms with Crippen molar-refractivity contribution in [2.75, 3.05) is 4.90 Å². The first kappa shape index (κ1) is 17.7. The van der Waals surface area contributed by atoms with E-state index in [1.807, 2.05) is 52.9 Å². The van der Waals surface area contributed by atoms with Gasteiger partial charge < -0.3 is 18.7 Å². The molecule has 0 radical (unpaired) electrons. The lowest BCUT2D eigenvalue weighted by molar-refractivity contribution is 0.0706.